The van der Waals surface area contributed by atoms with Crippen LogP contribution in [0.3, 0.4) is 0 Å². The van der Waals surface area contributed by atoms with Crippen LogP contribution in [0.2, 0.25) is 0 Å². The molecule has 0 spiro atoms. The van der Waals surface area contributed by atoms with Crippen LogP contribution >= 0.6 is 0 Å². The van der Waals surface area contributed by atoms with Crippen LogP contribution in [-0.2, 0) is 0 Å². The number of hydrogen-bond donors (Lipinski definition) is 1. The number of rotatable bonds is 3. The molecule has 2 rings (SSSR count). The second kappa shape index (κ2) is 4.22. The van der Waals surface area contributed by atoms with Gasteiger partial charge in [-0.3, -0.25) is 0 Å². The maximum Gasteiger partial charge on any atom is 0.201 e. The molecular formula is C12H13F2NO. The molecule has 1 N–H and O–H groups in total. The fourth-order valence-electron chi connectivity index (χ4n) is 1.78. The van der Waals surface area contributed by atoms with Gasteiger partial charge in [0.25, 0.3) is 0 Å². The highest BCUT2D eigenvalue weighted by Crippen LogP contribution is 2.28. The first-order chi connectivity index (χ1) is 7.67. The fraction of sp³-hybridized carbons (Fsp3) is 0.333. The molecule has 1 atom stereocenters. The summed E-state index contributed by atoms with van der Waals surface area (Å²) in [5, 5.41) is 3.64. The second-order valence-electron chi connectivity index (χ2n) is 3.68. The Morgan fingerprint density at radius 2 is 2.12 bits per heavy atom. The summed E-state index contributed by atoms with van der Waals surface area (Å²) in [5.74, 6) is -1.18. The molecule has 4 heteroatoms. The average molecular weight is 225 g/mol. The van der Waals surface area contributed by atoms with Gasteiger partial charge < -0.3 is 9.73 Å². The van der Waals surface area contributed by atoms with Crippen molar-refractivity contribution >= 4 is 11.0 Å². The molecule has 1 aromatic heterocycles. The van der Waals surface area contributed by atoms with E-state index in [4.69, 9.17) is 4.42 Å². The molecule has 1 heterocycles. The minimum absolute atomic E-state index is 0.0105. The molecule has 0 fully saturated rings. The van der Waals surface area contributed by atoms with Gasteiger partial charge in [-0.25, -0.2) is 4.39 Å². The second-order valence-corrected chi connectivity index (χ2v) is 3.68. The molecule has 0 aliphatic rings. The summed E-state index contributed by atoms with van der Waals surface area (Å²) in [7, 11) is 1.80. The summed E-state index contributed by atoms with van der Waals surface area (Å²) in [5.41, 5.74) is -0.0105. The third-order valence-corrected chi connectivity index (χ3v) is 2.70. The molecule has 86 valence electrons. The van der Waals surface area contributed by atoms with Crippen molar-refractivity contribution in [2.45, 2.75) is 19.4 Å². The SMILES string of the molecule is CCC(NC)c1cc2ccc(F)c(F)c2o1. The highest BCUT2D eigenvalue weighted by molar-refractivity contribution is 5.78. The van der Waals surface area contributed by atoms with Gasteiger partial charge in [-0.15, -0.1) is 0 Å². The third-order valence-electron chi connectivity index (χ3n) is 2.70. The zero-order valence-electron chi connectivity index (χ0n) is 9.18. The van der Waals surface area contributed by atoms with Crippen molar-refractivity contribution in [2.75, 3.05) is 7.05 Å². The minimum Gasteiger partial charge on any atom is -0.456 e. The molecule has 1 unspecified atom stereocenters. The molecule has 2 aromatic rings. The molecular weight excluding hydrogens is 212 g/mol. The number of furan rings is 1. The molecule has 0 saturated heterocycles. The normalized spacial score (nSPS) is 13.2. The summed E-state index contributed by atoms with van der Waals surface area (Å²) in [4.78, 5) is 0. The van der Waals surface area contributed by atoms with Crippen molar-refractivity contribution in [3.05, 3.63) is 35.6 Å². The van der Waals surface area contributed by atoms with E-state index in [0.717, 1.165) is 12.5 Å². The lowest BCUT2D eigenvalue weighted by atomic mass is 10.1. The van der Waals surface area contributed by atoms with Gasteiger partial charge in [0.05, 0.1) is 6.04 Å². The Kier molecular flexibility index (Phi) is 2.92. The summed E-state index contributed by atoms with van der Waals surface area (Å²) in [6.45, 7) is 1.99. The van der Waals surface area contributed by atoms with E-state index >= 15 is 0 Å². The molecule has 0 saturated carbocycles. The maximum atomic E-state index is 13.4. The lowest BCUT2D eigenvalue weighted by Gasteiger charge is -2.09. The van der Waals surface area contributed by atoms with Crippen molar-refractivity contribution in [1.82, 2.24) is 5.32 Å². The van der Waals surface area contributed by atoms with Crippen LogP contribution in [0.15, 0.2) is 22.6 Å². The zero-order chi connectivity index (χ0) is 11.7. The van der Waals surface area contributed by atoms with E-state index < -0.39 is 11.6 Å². The minimum atomic E-state index is -0.922. The lowest BCUT2D eigenvalue weighted by Crippen LogP contribution is -2.14. The molecule has 0 aliphatic heterocycles. The van der Waals surface area contributed by atoms with Crippen molar-refractivity contribution in [3.63, 3.8) is 0 Å². The average Bonchev–Trinajstić information content (AvgIpc) is 2.70. The molecule has 0 amide bonds. The quantitative estimate of drug-likeness (QED) is 0.866. The van der Waals surface area contributed by atoms with Crippen LogP contribution in [-0.4, -0.2) is 7.05 Å². The van der Waals surface area contributed by atoms with Crippen LogP contribution in [0.4, 0.5) is 8.78 Å². The first kappa shape index (κ1) is 11.1. The van der Waals surface area contributed by atoms with Crippen LogP contribution < -0.4 is 5.32 Å². The van der Waals surface area contributed by atoms with Gasteiger partial charge >= 0.3 is 0 Å². The van der Waals surface area contributed by atoms with Crippen molar-refractivity contribution < 1.29 is 13.2 Å². The Balaban J connectivity index is 2.55. The first-order valence-electron chi connectivity index (χ1n) is 5.22. The summed E-state index contributed by atoms with van der Waals surface area (Å²) < 4.78 is 31.7. The van der Waals surface area contributed by atoms with Gasteiger partial charge in [-0.2, -0.15) is 4.39 Å². The molecule has 16 heavy (non-hydrogen) atoms. The summed E-state index contributed by atoms with van der Waals surface area (Å²) in [6, 6.07) is 4.39. The highest BCUT2D eigenvalue weighted by Gasteiger charge is 2.16. The highest BCUT2D eigenvalue weighted by atomic mass is 19.2. The number of nitrogens with one attached hydrogen (secondary N) is 1. The molecule has 0 radical (unpaired) electrons. The van der Waals surface area contributed by atoms with E-state index in [1.807, 2.05) is 6.92 Å². The topological polar surface area (TPSA) is 25.2 Å². The molecule has 0 bridgehead atoms. The van der Waals surface area contributed by atoms with E-state index in [9.17, 15) is 8.78 Å². The number of fused-ring (bicyclic) bond motifs is 1. The van der Waals surface area contributed by atoms with Crippen LogP contribution in [0.1, 0.15) is 25.1 Å². The van der Waals surface area contributed by atoms with E-state index in [1.165, 1.54) is 6.07 Å². The van der Waals surface area contributed by atoms with Crippen molar-refractivity contribution in [1.29, 1.82) is 0 Å². The predicted molar refractivity (Wildman–Crippen MR) is 58.2 cm³/mol. The van der Waals surface area contributed by atoms with Crippen LogP contribution in [0, 0.1) is 11.6 Å². The Hall–Kier alpha value is -1.42. The Bertz CT molecular complexity index is 503. The van der Waals surface area contributed by atoms with Crippen LogP contribution in [0.25, 0.3) is 11.0 Å². The maximum absolute atomic E-state index is 13.4. The van der Waals surface area contributed by atoms with E-state index in [1.54, 1.807) is 13.1 Å². The summed E-state index contributed by atoms with van der Waals surface area (Å²) in [6.07, 6.45) is 0.820. The largest absolute Gasteiger partial charge is 0.456 e. The number of hydrogen-bond acceptors (Lipinski definition) is 2. The smallest absolute Gasteiger partial charge is 0.201 e. The van der Waals surface area contributed by atoms with Gasteiger partial charge in [0.2, 0.25) is 5.82 Å². The monoisotopic (exact) mass is 225 g/mol. The summed E-state index contributed by atoms with van der Waals surface area (Å²) >= 11 is 0. The van der Waals surface area contributed by atoms with Gasteiger partial charge in [-0.1, -0.05) is 6.92 Å². The standard InChI is InChI=1S/C12H13F2NO/c1-3-9(15-2)10-6-7-4-5-8(13)11(14)12(7)16-10/h4-6,9,15H,3H2,1-2H3. The molecule has 0 aliphatic carbocycles. The van der Waals surface area contributed by atoms with Gasteiger partial charge in [0.1, 0.15) is 5.76 Å². The van der Waals surface area contributed by atoms with E-state index in [-0.39, 0.29) is 11.6 Å². The van der Waals surface area contributed by atoms with Gasteiger partial charge in [0, 0.05) is 5.39 Å². The first-order valence-corrected chi connectivity index (χ1v) is 5.22. The Labute approximate surface area is 92.2 Å². The predicted octanol–water partition coefficient (Wildman–Crippen LogP) is 3.38. The van der Waals surface area contributed by atoms with E-state index in [2.05, 4.69) is 5.32 Å². The Morgan fingerprint density at radius 3 is 2.75 bits per heavy atom. The van der Waals surface area contributed by atoms with Crippen molar-refractivity contribution in [3.8, 4) is 0 Å². The third kappa shape index (κ3) is 1.69. The molecule has 1 aromatic carbocycles. The number of halogens is 2. The molecule has 2 nitrogen and oxygen atoms in total. The van der Waals surface area contributed by atoms with Gasteiger partial charge in [-0.05, 0) is 31.7 Å². The lowest BCUT2D eigenvalue weighted by molar-refractivity contribution is 0.428. The van der Waals surface area contributed by atoms with Gasteiger partial charge in [0.15, 0.2) is 11.4 Å². The van der Waals surface area contributed by atoms with Crippen molar-refractivity contribution in [2.24, 2.45) is 0 Å². The Morgan fingerprint density at radius 1 is 1.38 bits per heavy atom. The van der Waals surface area contributed by atoms with Crippen LogP contribution in [0.5, 0.6) is 0 Å². The fourth-order valence-corrected chi connectivity index (χ4v) is 1.78. The number of benzene rings is 1. The van der Waals surface area contributed by atoms with E-state index in [0.29, 0.717) is 11.1 Å². The zero-order valence-corrected chi connectivity index (χ0v) is 9.18.